The third kappa shape index (κ3) is 3.83. The van der Waals surface area contributed by atoms with E-state index in [0.29, 0.717) is 16.3 Å². The van der Waals surface area contributed by atoms with E-state index in [4.69, 9.17) is 5.73 Å². The van der Waals surface area contributed by atoms with Crippen LogP contribution in [0.15, 0.2) is 24.3 Å². The number of primary amides is 1. The number of thiophene rings is 1. The summed E-state index contributed by atoms with van der Waals surface area (Å²) in [6, 6.07) is 7.14. The Hall–Kier alpha value is -2.38. The van der Waals surface area contributed by atoms with Gasteiger partial charge in [0.05, 0.1) is 5.56 Å². The number of nitrogens with one attached hydrogen (secondary N) is 2. The van der Waals surface area contributed by atoms with Gasteiger partial charge in [-0.25, -0.2) is 4.79 Å². The van der Waals surface area contributed by atoms with Crippen molar-refractivity contribution in [1.29, 1.82) is 0 Å². The molecule has 0 saturated heterocycles. The summed E-state index contributed by atoms with van der Waals surface area (Å²) in [7, 11) is 0. The molecular formula is C18H22N4O2S. The normalized spacial score (nSPS) is 14.0. The summed E-state index contributed by atoms with van der Waals surface area (Å²) in [5.74, 6) is -0.493. The monoisotopic (exact) mass is 358 g/mol. The molecule has 0 atom stereocenters. The number of benzene rings is 1. The summed E-state index contributed by atoms with van der Waals surface area (Å²) in [5.41, 5.74) is 8.83. The van der Waals surface area contributed by atoms with Crippen molar-refractivity contribution >= 4 is 34.0 Å². The van der Waals surface area contributed by atoms with E-state index in [1.807, 2.05) is 31.2 Å². The Balaban J connectivity index is 1.79. The maximum absolute atomic E-state index is 12.3. The summed E-state index contributed by atoms with van der Waals surface area (Å²) < 4.78 is 0. The lowest BCUT2D eigenvalue weighted by molar-refractivity contribution is 0.1000. The lowest BCUT2D eigenvalue weighted by Gasteiger charge is -2.25. The van der Waals surface area contributed by atoms with Crippen molar-refractivity contribution < 1.29 is 9.59 Å². The highest BCUT2D eigenvalue weighted by molar-refractivity contribution is 7.17. The van der Waals surface area contributed by atoms with Crippen LogP contribution >= 0.6 is 11.3 Å². The number of nitrogens with two attached hydrogens (primary N) is 1. The Kier molecular flexibility index (Phi) is 5.06. The molecule has 1 aromatic heterocycles. The van der Waals surface area contributed by atoms with Crippen molar-refractivity contribution in [1.82, 2.24) is 4.90 Å². The Morgan fingerprint density at radius 2 is 1.96 bits per heavy atom. The molecule has 0 saturated carbocycles. The minimum atomic E-state index is -0.493. The highest BCUT2D eigenvalue weighted by Crippen LogP contribution is 2.36. The molecule has 3 amide bonds. The molecule has 7 heteroatoms. The molecule has 2 aromatic rings. The number of carbonyl (C=O) groups excluding carboxylic acids is 2. The number of fused-ring (bicyclic) bond motifs is 1. The molecule has 6 nitrogen and oxygen atoms in total. The van der Waals surface area contributed by atoms with E-state index in [1.54, 1.807) is 0 Å². The summed E-state index contributed by atoms with van der Waals surface area (Å²) >= 11 is 1.44. The largest absolute Gasteiger partial charge is 0.365 e. The predicted octanol–water partition coefficient (Wildman–Crippen LogP) is 3.18. The van der Waals surface area contributed by atoms with Gasteiger partial charge in [-0.15, -0.1) is 11.3 Å². The van der Waals surface area contributed by atoms with Gasteiger partial charge in [0.2, 0.25) is 0 Å². The number of anilines is 2. The molecule has 2 heterocycles. The summed E-state index contributed by atoms with van der Waals surface area (Å²) in [6.45, 7) is 6.74. The van der Waals surface area contributed by atoms with Crippen molar-refractivity contribution in [3.8, 4) is 0 Å². The zero-order valence-electron chi connectivity index (χ0n) is 14.4. The first-order chi connectivity index (χ1) is 12.0. The van der Waals surface area contributed by atoms with Gasteiger partial charge in [0.25, 0.3) is 5.91 Å². The van der Waals surface area contributed by atoms with Crippen molar-refractivity contribution in [2.24, 2.45) is 5.73 Å². The first-order valence-corrected chi connectivity index (χ1v) is 9.11. The molecule has 1 aliphatic rings. The first-order valence-electron chi connectivity index (χ1n) is 8.29. The Bertz CT molecular complexity index is 798. The van der Waals surface area contributed by atoms with Crippen LogP contribution in [-0.2, 0) is 13.0 Å². The van der Waals surface area contributed by atoms with Crippen molar-refractivity contribution in [2.45, 2.75) is 26.8 Å². The number of hydrogen-bond donors (Lipinski definition) is 3. The minimum absolute atomic E-state index is 0.378. The van der Waals surface area contributed by atoms with Crippen molar-refractivity contribution in [3.05, 3.63) is 45.8 Å². The fraction of sp³-hybridized carbons (Fsp3) is 0.333. The van der Waals surface area contributed by atoms with Crippen LogP contribution in [0.2, 0.25) is 0 Å². The number of amides is 3. The lowest BCUT2D eigenvalue weighted by Crippen LogP contribution is -2.30. The Morgan fingerprint density at radius 3 is 2.60 bits per heavy atom. The number of hydrogen-bond acceptors (Lipinski definition) is 4. The van der Waals surface area contributed by atoms with Gasteiger partial charge in [0.15, 0.2) is 0 Å². The third-order valence-electron chi connectivity index (χ3n) is 4.37. The summed E-state index contributed by atoms with van der Waals surface area (Å²) in [4.78, 5) is 27.6. The smallest absolute Gasteiger partial charge is 0.324 e. The van der Waals surface area contributed by atoms with Crippen molar-refractivity contribution in [3.63, 3.8) is 0 Å². The molecule has 0 aliphatic carbocycles. The highest BCUT2D eigenvalue weighted by Gasteiger charge is 2.27. The average Bonchev–Trinajstić information content (AvgIpc) is 2.93. The van der Waals surface area contributed by atoms with Crippen LogP contribution in [0.4, 0.5) is 15.5 Å². The summed E-state index contributed by atoms with van der Waals surface area (Å²) in [6.07, 6.45) is 0.777. The maximum Gasteiger partial charge on any atom is 0.324 e. The van der Waals surface area contributed by atoms with E-state index in [1.165, 1.54) is 11.3 Å². The van der Waals surface area contributed by atoms with Gasteiger partial charge in [-0.2, -0.15) is 0 Å². The molecule has 3 rings (SSSR count). The molecule has 0 bridgehead atoms. The summed E-state index contributed by atoms with van der Waals surface area (Å²) in [5, 5.41) is 6.10. The fourth-order valence-electron chi connectivity index (χ4n) is 2.98. The van der Waals surface area contributed by atoms with Crippen LogP contribution in [0.1, 0.15) is 33.3 Å². The number of likely N-dealkylation sites (N-methyl/N-ethyl adjacent to an activating group) is 1. The van der Waals surface area contributed by atoms with Crippen LogP contribution < -0.4 is 16.4 Å². The van der Waals surface area contributed by atoms with Gasteiger partial charge in [-0.1, -0.05) is 24.6 Å². The van der Waals surface area contributed by atoms with E-state index in [9.17, 15) is 9.59 Å². The lowest BCUT2D eigenvalue weighted by atomic mass is 10.0. The standard InChI is InChI=1S/C18H22N4O2S/c1-3-22-9-8-13-14(10-22)25-17(15(13)16(19)23)21-18(24)20-12-6-4-11(2)5-7-12/h4-7H,3,8-10H2,1-2H3,(H2,19,23)(H2,20,21,24). The van der Waals surface area contributed by atoms with E-state index in [-0.39, 0.29) is 6.03 Å². The second-order valence-electron chi connectivity index (χ2n) is 6.14. The highest BCUT2D eigenvalue weighted by atomic mass is 32.1. The van der Waals surface area contributed by atoms with Gasteiger partial charge in [-0.3, -0.25) is 15.0 Å². The second-order valence-corrected chi connectivity index (χ2v) is 7.24. The fourth-order valence-corrected chi connectivity index (χ4v) is 4.27. The first kappa shape index (κ1) is 17.4. The maximum atomic E-state index is 12.3. The number of nitrogens with zero attached hydrogens (tertiary/aromatic N) is 1. The minimum Gasteiger partial charge on any atom is -0.365 e. The van der Waals surface area contributed by atoms with E-state index >= 15 is 0 Å². The van der Waals surface area contributed by atoms with Crippen LogP contribution in [0.5, 0.6) is 0 Å². The molecule has 4 N–H and O–H groups in total. The number of carbonyl (C=O) groups is 2. The molecular weight excluding hydrogens is 336 g/mol. The molecule has 0 fully saturated rings. The number of urea groups is 1. The van der Waals surface area contributed by atoms with Crippen LogP contribution in [0.25, 0.3) is 0 Å². The van der Waals surface area contributed by atoms with Crippen molar-refractivity contribution in [2.75, 3.05) is 23.7 Å². The van der Waals surface area contributed by atoms with Gasteiger partial charge in [-0.05, 0) is 37.6 Å². The Labute approximate surface area is 151 Å². The SMILES string of the molecule is CCN1CCc2c(sc(NC(=O)Nc3ccc(C)cc3)c2C(N)=O)C1. The molecule has 1 aliphatic heterocycles. The molecule has 0 radical (unpaired) electrons. The zero-order valence-corrected chi connectivity index (χ0v) is 15.2. The van der Waals surface area contributed by atoms with Gasteiger partial charge >= 0.3 is 6.03 Å². The number of rotatable bonds is 4. The molecule has 25 heavy (non-hydrogen) atoms. The molecule has 0 spiro atoms. The van der Waals surface area contributed by atoms with Gasteiger partial charge in [0, 0.05) is 23.7 Å². The van der Waals surface area contributed by atoms with Crippen LogP contribution in [-0.4, -0.2) is 29.9 Å². The Morgan fingerprint density at radius 1 is 1.24 bits per heavy atom. The second kappa shape index (κ2) is 7.25. The topological polar surface area (TPSA) is 87.5 Å². The molecule has 132 valence electrons. The number of aryl methyl sites for hydroxylation is 1. The van der Waals surface area contributed by atoms with E-state index in [2.05, 4.69) is 22.5 Å². The van der Waals surface area contributed by atoms with E-state index < -0.39 is 5.91 Å². The van der Waals surface area contributed by atoms with Gasteiger partial charge in [0.1, 0.15) is 5.00 Å². The van der Waals surface area contributed by atoms with Crippen LogP contribution in [0.3, 0.4) is 0 Å². The average molecular weight is 358 g/mol. The van der Waals surface area contributed by atoms with Gasteiger partial charge < -0.3 is 11.1 Å². The molecule has 1 aromatic carbocycles. The quantitative estimate of drug-likeness (QED) is 0.784. The van der Waals surface area contributed by atoms with Crippen LogP contribution in [0, 0.1) is 6.92 Å². The molecule has 0 unspecified atom stereocenters. The van der Waals surface area contributed by atoms with E-state index in [0.717, 1.165) is 42.1 Å². The predicted molar refractivity (Wildman–Crippen MR) is 101 cm³/mol. The zero-order chi connectivity index (χ0) is 18.0. The third-order valence-corrected chi connectivity index (χ3v) is 5.50.